The highest BCUT2D eigenvalue weighted by Crippen LogP contribution is 2.28. The molecule has 0 saturated carbocycles. The molecule has 0 aliphatic rings. The maximum atomic E-state index is 13.0. The summed E-state index contributed by atoms with van der Waals surface area (Å²) in [6, 6.07) is 8.05. The molecule has 0 aliphatic heterocycles. The van der Waals surface area contributed by atoms with Gasteiger partial charge in [-0.1, -0.05) is 17.9 Å². The summed E-state index contributed by atoms with van der Waals surface area (Å²) in [5.41, 5.74) is -0.410. The first-order valence-electron chi connectivity index (χ1n) is 7.92. The summed E-state index contributed by atoms with van der Waals surface area (Å²) in [7, 11) is 0. The second-order valence-electron chi connectivity index (χ2n) is 5.49. The van der Waals surface area contributed by atoms with Crippen LogP contribution in [-0.4, -0.2) is 10.9 Å². The number of anilines is 1. The normalized spacial score (nSPS) is 10.8. The molecule has 0 aliphatic carbocycles. The monoisotopic (exact) mass is 364 g/mol. The summed E-state index contributed by atoms with van der Waals surface area (Å²) >= 11 is 0. The zero-order valence-corrected chi connectivity index (χ0v) is 13.7. The van der Waals surface area contributed by atoms with E-state index in [2.05, 4.69) is 22.1 Å². The Morgan fingerprint density at radius 2 is 1.96 bits per heavy atom. The van der Waals surface area contributed by atoms with Crippen molar-refractivity contribution in [3.05, 3.63) is 59.7 Å². The molecular weight excluding hydrogens is 348 g/mol. The molecule has 2 rings (SSSR count). The van der Waals surface area contributed by atoms with E-state index in [-0.39, 0.29) is 23.8 Å². The Morgan fingerprint density at radius 1 is 1.15 bits per heavy atom. The largest absolute Gasteiger partial charge is 0.433 e. The number of nitrogens with zero attached hydrogens (tertiary/aromatic N) is 1. The fourth-order valence-electron chi connectivity index (χ4n) is 2.12. The molecule has 1 aromatic heterocycles. The van der Waals surface area contributed by atoms with Crippen LogP contribution in [0.1, 0.15) is 36.9 Å². The van der Waals surface area contributed by atoms with Gasteiger partial charge in [0.15, 0.2) is 0 Å². The van der Waals surface area contributed by atoms with Gasteiger partial charge in [-0.3, -0.25) is 9.78 Å². The molecule has 0 atom stereocenters. The molecule has 0 spiro atoms. The Kier molecular flexibility index (Phi) is 6.73. The van der Waals surface area contributed by atoms with Gasteiger partial charge >= 0.3 is 6.18 Å². The molecule has 0 unspecified atom stereocenters. The third kappa shape index (κ3) is 6.55. The number of halogens is 4. The second-order valence-corrected chi connectivity index (χ2v) is 5.49. The minimum Gasteiger partial charge on any atom is -0.326 e. The zero-order chi connectivity index (χ0) is 19.0. The van der Waals surface area contributed by atoms with E-state index in [9.17, 15) is 22.4 Å². The van der Waals surface area contributed by atoms with E-state index in [1.54, 1.807) is 12.1 Å². The van der Waals surface area contributed by atoms with Gasteiger partial charge in [-0.05, 0) is 43.2 Å². The molecule has 26 heavy (non-hydrogen) atoms. The second kappa shape index (κ2) is 8.99. The van der Waals surface area contributed by atoms with E-state index in [0.717, 1.165) is 12.3 Å². The quantitative estimate of drug-likeness (QED) is 0.471. The number of nitrogens with one attached hydrogen (secondary N) is 1. The maximum Gasteiger partial charge on any atom is 0.433 e. The number of benzene rings is 1. The molecule has 0 bridgehead atoms. The lowest BCUT2D eigenvalue weighted by molar-refractivity contribution is -0.141. The van der Waals surface area contributed by atoms with Gasteiger partial charge in [0.05, 0.1) is 0 Å². The number of unbranched alkanes of at least 4 members (excludes halogenated alkanes) is 2. The van der Waals surface area contributed by atoms with Crippen LogP contribution in [0.5, 0.6) is 0 Å². The highest BCUT2D eigenvalue weighted by Gasteiger charge is 2.32. The average Bonchev–Trinajstić information content (AvgIpc) is 2.57. The third-order valence-corrected chi connectivity index (χ3v) is 3.35. The minimum atomic E-state index is -4.55. The first kappa shape index (κ1) is 19.4. The van der Waals surface area contributed by atoms with E-state index < -0.39 is 11.9 Å². The van der Waals surface area contributed by atoms with Crippen LogP contribution in [0.3, 0.4) is 0 Å². The topological polar surface area (TPSA) is 42.0 Å². The van der Waals surface area contributed by atoms with Gasteiger partial charge in [0, 0.05) is 30.3 Å². The number of pyridine rings is 1. The van der Waals surface area contributed by atoms with Crippen molar-refractivity contribution in [1.82, 2.24) is 4.98 Å². The highest BCUT2D eigenvalue weighted by atomic mass is 19.4. The van der Waals surface area contributed by atoms with Crippen LogP contribution in [-0.2, 0) is 11.0 Å². The molecule has 0 radical (unpaired) electrons. The number of hydrogen-bond acceptors (Lipinski definition) is 2. The third-order valence-electron chi connectivity index (χ3n) is 3.35. The molecule has 1 N–H and O–H groups in total. The number of carbonyl (C=O) groups is 1. The minimum absolute atomic E-state index is 0.0585. The zero-order valence-electron chi connectivity index (χ0n) is 13.7. The molecule has 0 saturated heterocycles. The summed E-state index contributed by atoms with van der Waals surface area (Å²) in [6.07, 6.45) is -1.65. The Balaban J connectivity index is 1.73. The lowest BCUT2D eigenvalue weighted by Crippen LogP contribution is -2.13. The number of alkyl halides is 3. The van der Waals surface area contributed by atoms with Crippen LogP contribution >= 0.6 is 0 Å². The Morgan fingerprint density at radius 3 is 2.69 bits per heavy atom. The predicted octanol–water partition coefficient (Wildman–Crippen LogP) is 4.79. The molecule has 1 aromatic carbocycles. The van der Waals surface area contributed by atoms with Crippen molar-refractivity contribution in [2.24, 2.45) is 0 Å². The Labute approximate surface area is 148 Å². The standard InChI is InChI=1S/C19H16F4N2O/c20-15-8-5-7-14(12-15)6-3-1-2-4-9-18(26)25-16-10-11-24-17(13-16)19(21,22)23/h5,7-8,10-13H,1-2,4,9H2,(H,24,25,26). The average molecular weight is 364 g/mol. The summed E-state index contributed by atoms with van der Waals surface area (Å²) in [6.45, 7) is 0. The maximum absolute atomic E-state index is 13.0. The van der Waals surface area contributed by atoms with Crippen LogP contribution in [0.15, 0.2) is 42.6 Å². The lowest BCUT2D eigenvalue weighted by Gasteiger charge is -2.08. The lowest BCUT2D eigenvalue weighted by atomic mass is 10.1. The van der Waals surface area contributed by atoms with Gasteiger partial charge in [0.25, 0.3) is 0 Å². The fraction of sp³-hybridized carbons (Fsp3) is 0.263. The van der Waals surface area contributed by atoms with Crippen LogP contribution in [0.25, 0.3) is 0 Å². The van der Waals surface area contributed by atoms with Crippen molar-refractivity contribution < 1.29 is 22.4 Å². The van der Waals surface area contributed by atoms with Gasteiger partial charge in [0.1, 0.15) is 11.5 Å². The van der Waals surface area contributed by atoms with Crippen molar-refractivity contribution in [1.29, 1.82) is 0 Å². The van der Waals surface area contributed by atoms with Crippen molar-refractivity contribution in [2.45, 2.75) is 31.9 Å². The molecular formula is C19H16F4N2O. The fourth-order valence-corrected chi connectivity index (χ4v) is 2.12. The number of amides is 1. The van der Waals surface area contributed by atoms with Crippen molar-refractivity contribution >= 4 is 11.6 Å². The molecule has 0 fully saturated rings. The smallest absolute Gasteiger partial charge is 0.326 e. The van der Waals surface area contributed by atoms with Crippen molar-refractivity contribution in [2.75, 3.05) is 5.32 Å². The summed E-state index contributed by atoms with van der Waals surface area (Å²) < 4.78 is 50.7. The molecule has 1 amide bonds. The number of carbonyl (C=O) groups excluding carboxylic acids is 1. The number of aromatic nitrogens is 1. The van der Waals surface area contributed by atoms with Gasteiger partial charge in [0.2, 0.25) is 5.91 Å². The molecule has 3 nitrogen and oxygen atoms in total. The van der Waals surface area contributed by atoms with Gasteiger partial charge in [-0.2, -0.15) is 13.2 Å². The molecule has 2 aromatic rings. The van der Waals surface area contributed by atoms with E-state index in [0.29, 0.717) is 24.8 Å². The van der Waals surface area contributed by atoms with Gasteiger partial charge in [-0.25, -0.2) is 4.39 Å². The molecule has 7 heteroatoms. The first-order valence-corrected chi connectivity index (χ1v) is 7.92. The Bertz CT molecular complexity index is 822. The van der Waals surface area contributed by atoms with E-state index >= 15 is 0 Å². The molecule has 1 heterocycles. The number of hydrogen-bond donors (Lipinski definition) is 1. The highest BCUT2D eigenvalue weighted by molar-refractivity contribution is 5.90. The summed E-state index contributed by atoms with van der Waals surface area (Å²) in [5, 5.41) is 2.42. The van der Waals surface area contributed by atoms with Crippen LogP contribution < -0.4 is 5.32 Å². The van der Waals surface area contributed by atoms with Gasteiger partial charge < -0.3 is 5.32 Å². The predicted molar refractivity (Wildman–Crippen MR) is 89.6 cm³/mol. The van der Waals surface area contributed by atoms with Crippen LogP contribution in [0.4, 0.5) is 23.2 Å². The van der Waals surface area contributed by atoms with E-state index in [1.807, 2.05) is 0 Å². The Hall–Kier alpha value is -2.88. The van der Waals surface area contributed by atoms with E-state index in [4.69, 9.17) is 0 Å². The van der Waals surface area contributed by atoms with Gasteiger partial charge in [-0.15, -0.1) is 0 Å². The van der Waals surface area contributed by atoms with Crippen molar-refractivity contribution in [3.63, 3.8) is 0 Å². The van der Waals surface area contributed by atoms with Crippen LogP contribution in [0.2, 0.25) is 0 Å². The molecule has 136 valence electrons. The van der Waals surface area contributed by atoms with Crippen molar-refractivity contribution in [3.8, 4) is 11.8 Å². The SMILES string of the molecule is O=C(CCCCC#Cc1cccc(F)c1)Nc1ccnc(C(F)(F)F)c1. The van der Waals surface area contributed by atoms with Crippen LogP contribution in [0, 0.1) is 17.7 Å². The summed E-state index contributed by atoms with van der Waals surface area (Å²) in [4.78, 5) is 15.0. The first-order chi connectivity index (χ1) is 12.3. The summed E-state index contributed by atoms with van der Waals surface area (Å²) in [5.74, 6) is 5.00. The number of rotatable bonds is 5. The van der Waals surface area contributed by atoms with E-state index in [1.165, 1.54) is 18.2 Å².